The van der Waals surface area contributed by atoms with Crippen LogP contribution in [0.15, 0.2) is 12.1 Å². The van der Waals surface area contributed by atoms with E-state index in [1.54, 1.807) is 11.3 Å². The number of rotatable bonds is 4. The molecule has 1 saturated carbocycles. The van der Waals surface area contributed by atoms with Crippen LogP contribution in [0.25, 0.3) is 0 Å². The molecule has 0 atom stereocenters. The fourth-order valence-electron chi connectivity index (χ4n) is 1.72. The molecular formula is C10H15ClN2S. The van der Waals surface area contributed by atoms with Gasteiger partial charge in [-0.3, -0.25) is 4.90 Å². The minimum atomic E-state index is 0.288. The molecule has 0 aromatic carbocycles. The standard InChI is InChI=1S/C10H15ClN2S/c1-13(10(7-12)4-5-10)6-8-2-3-9(11)14-8/h2-3H,4-7,12H2,1H3. The normalized spacial score (nSPS) is 18.9. The van der Waals surface area contributed by atoms with Crippen LogP contribution in [0.5, 0.6) is 0 Å². The Kier molecular flexibility index (Phi) is 2.84. The maximum absolute atomic E-state index is 5.88. The average Bonchev–Trinajstić information content (AvgIpc) is 2.87. The Morgan fingerprint density at radius 2 is 2.29 bits per heavy atom. The van der Waals surface area contributed by atoms with Gasteiger partial charge in [-0.1, -0.05) is 11.6 Å². The van der Waals surface area contributed by atoms with E-state index in [9.17, 15) is 0 Å². The van der Waals surface area contributed by atoms with E-state index in [2.05, 4.69) is 18.0 Å². The average molecular weight is 231 g/mol. The number of thiophene rings is 1. The zero-order chi connectivity index (χ0) is 10.2. The molecular weight excluding hydrogens is 216 g/mol. The monoisotopic (exact) mass is 230 g/mol. The van der Waals surface area contributed by atoms with Crippen LogP contribution in [-0.2, 0) is 6.54 Å². The van der Waals surface area contributed by atoms with Gasteiger partial charge in [0.2, 0.25) is 0 Å². The molecule has 1 aromatic rings. The summed E-state index contributed by atoms with van der Waals surface area (Å²) >= 11 is 7.54. The summed E-state index contributed by atoms with van der Waals surface area (Å²) in [6.45, 7) is 1.73. The number of nitrogens with zero attached hydrogens (tertiary/aromatic N) is 1. The lowest BCUT2D eigenvalue weighted by Gasteiger charge is -2.25. The molecule has 1 aromatic heterocycles. The van der Waals surface area contributed by atoms with Gasteiger partial charge in [0.15, 0.2) is 0 Å². The molecule has 2 rings (SSSR count). The smallest absolute Gasteiger partial charge is 0.0931 e. The number of hydrogen-bond acceptors (Lipinski definition) is 3. The number of nitrogens with two attached hydrogens (primary N) is 1. The van der Waals surface area contributed by atoms with Crippen LogP contribution in [0.2, 0.25) is 4.34 Å². The molecule has 0 amide bonds. The zero-order valence-corrected chi connectivity index (χ0v) is 9.87. The SMILES string of the molecule is CN(Cc1ccc(Cl)s1)C1(CN)CC1. The Balaban J connectivity index is 1.98. The van der Waals surface area contributed by atoms with E-state index in [1.807, 2.05) is 6.07 Å². The van der Waals surface area contributed by atoms with E-state index in [0.717, 1.165) is 17.4 Å². The zero-order valence-electron chi connectivity index (χ0n) is 8.29. The highest BCUT2D eigenvalue weighted by molar-refractivity contribution is 7.16. The van der Waals surface area contributed by atoms with Crippen molar-refractivity contribution in [3.05, 3.63) is 21.3 Å². The van der Waals surface area contributed by atoms with Gasteiger partial charge in [-0.2, -0.15) is 0 Å². The van der Waals surface area contributed by atoms with Crippen molar-refractivity contribution in [1.29, 1.82) is 0 Å². The molecule has 0 bridgehead atoms. The molecule has 78 valence electrons. The molecule has 1 fully saturated rings. The van der Waals surface area contributed by atoms with Crippen LogP contribution in [0, 0.1) is 0 Å². The van der Waals surface area contributed by atoms with Crippen molar-refractivity contribution >= 4 is 22.9 Å². The van der Waals surface area contributed by atoms with Crippen molar-refractivity contribution in [2.45, 2.75) is 24.9 Å². The van der Waals surface area contributed by atoms with Crippen molar-refractivity contribution in [1.82, 2.24) is 4.90 Å². The summed E-state index contributed by atoms with van der Waals surface area (Å²) in [7, 11) is 2.15. The summed E-state index contributed by atoms with van der Waals surface area (Å²) < 4.78 is 0.867. The molecule has 0 aliphatic heterocycles. The van der Waals surface area contributed by atoms with Crippen molar-refractivity contribution < 1.29 is 0 Å². The lowest BCUT2D eigenvalue weighted by atomic mass is 10.2. The van der Waals surface area contributed by atoms with E-state index in [-0.39, 0.29) is 5.54 Å². The van der Waals surface area contributed by atoms with Crippen molar-refractivity contribution in [2.75, 3.05) is 13.6 Å². The number of halogens is 1. The Bertz CT molecular complexity index is 320. The lowest BCUT2D eigenvalue weighted by molar-refractivity contribution is 0.220. The minimum absolute atomic E-state index is 0.288. The topological polar surface area (TPSA) is 29.3 Å². The second kappa shape index (κ2) is 3.81. The fraction of sp³-hybridized carbons (Fsp3) is 0.600. The molecule has 0 spiro atoms. The first-order chi connectivity index (χ1) is 6.66. The van der Waals surface area contributed by atoms with Crippen LogP contribution < -0.4 is 5.73 Å². The molecule has 14 heavy (non-hydrogen) atoms. The second-order valence-corrected chi connectivity index (χ2v) is 5.79. The Morgan fingerprint density at radius 3 is 2.71 bits per heavy atom. The minimum Gasteiger partial charge on any atom is -0.329 e. The van der Waals surface area contributed by atoms with E-state index in [0.29, 0.717) is 0 Å². The first kappa shape index (κ1) is 10.4. The van der Waals surface area contributed by atoms with Crippen LogP contribution in [0.4, 0.5) is 0 Å². The van der Waals surface area contributed by atoms with Crippen LogP contribution in [0.1, 0.15) is 17.7 Å². The summed E-state index contributed by atoms with van der Waals surface area (Å²) in [4.78, 5) is 3.67. The molecule has 0 radical (unpaired) electrons. The Hall–Kier alpha value is -0.0900. The van der Waals surface area contributed by atoms with Crippen LogP contribution >= 0.6 is 22.9 Å². The van der Waals surface area contributed by atoms with Gasteiger partial charge >= 0.3 is 0 Å². The van der Waals surface area contributed by atoms with E-state index >= 15 is 0 Å². The van der Waals surface area contributed by atoms with Gasteiger partial charge in [0.1, 0.15) is 0 Å². The highest BCUT2D eigenvalue weighted by Gasteiger charge is 2.44. The third kappa shape index (κ3) is 1.96. The van der Waals surface area contributed by atoms with E-state index < -0.39 is 0 Å². The molecule has 0 unspecified atom stereocenters. The molecule has 1 heterocycles. The van der Waals surface area contributed by atoms with Gasteiger partial charge < -0.3 is 5.73 Å². The Morgan fingerprint density at radius 1 is 1.57 bits per heavy atom. The van der Waals surface area contributed by atoms with Gasteiger partial charge in [0.25, 0.3) is 0 Å². The van der Waals surface area contributed by atoms with Crippen LogP contribution in [-0.4, -0.2) is 24.0 Å². The maximum Gasteiger partial charge on any atom is 0.0931 e. The largest absolute Gasteiger partial charge is 0.329 e. The van der Waals surface area contributed by atoms with E-state index in [1.165, 1.54) is 17.7 Å². The number of likely N-dealkylation sites (N-methyl/N-ethyl adjacent to an activating group) is 1. The van der Waals surface area contributed by atoms with Gasteiger partial charge in [0.05, 0.1) is 4.34 Å². The third-order valence-corrected chi connectivity index (χ3v) is 4.25. The first-order valence-corrected chi connectivity index (χ1v) is 6.01. The quantitative estimate of drug-likeness (QED) is 0.861. The van der Waals surface area contributed by atoms with Crippen molar-refractivity contribution in [3.63, 3.8) is 0 Å². The van der Waals surface area contributed by atoms with Gasteiger partial charge in [-0.05, 0) is 32.0 Å². The van der Waals surface area contributed by atoms with Gasteiger partial charge in [-0.25, -0.2) is 0 Å². The highest BCUT2D eigenvalue weighted by Crippen LogP contribution is 2.41. The molecule has 4 heteroatoms. The van der Waals surface area contributed by atoms with Crippen LogP contribution in [0.3, 0.4) is 0 Å². The van der Waals surface area contributed by atoms with Crippen molar-refractivity contribution in [3.8, 4) is 0 Å². The number of hydrogen-bond donors (Lipinski definition) is 1. The molecule has 0 saturated heterocycles. The van der Waals surface area contributed by atoms with Gasteiger partial charge in [0, 0.05) is 23.5 Å². The highest BCUT2D eigenvalue weighted by atomic mass is 35.5. The molecule has 1 aliphatic rings. The second-order valence-electron chi connectivity index (χ2n) is 3.99. The maximum atomic E-state index is 5.88. The summed E-state index contributed by atoms with van der Waals surface area (Å²) in [6.07, 6.45) is 2.47. The summed E-state index contributed by atoms with van der Waals surface area (Å²) in [5.74, 6) is 0. The predicted octanol–water partition coefficient (Wildman–Crippen LogP) is 2.32. The molecule has 1 aliphatic carbocycles. The predicted molar refractivity (Wildman–Crippen MR) is 61.8 cm³/mol. The summed E-state index contributed by atoms with van der Waals surface area (Å²) in [5, 5.41) is 0. The lowest BCUT2D eigenvalue weighted by Crippen LogP contribution is -2.39. The summed E-state index contributed by atoms with van der Waals surface area (Å²) in [6, 6.07) is 4.05. The summed E-state index contributed by atoms with van der Waals surface area (Å²) in [5.41, 5.74) is 6.05. The van der Waals surface area contributed by atoms with Crippen molar-refractivity contribution in [2.24, 2.45) is 5.73 Å². The Labute approximate surface area is 93.7 Å². The molecule has 2 N–H and O–H groups in total. The third-order valence-electron chi connectivity index (χ3n) is 3.04. The first-order valence-electron chi connectivity index (χ1n) is 4.82. The fourth-order valence-corrected chi connectivity index (χ4v) is 2.87. The van der Waals surface area contributed by atoms with E-state index in [4.69, 9.17) is 17.3 Å². The van der Waals surface area contributed by atoms with Gasteiger partial charge in [-0.15, -0.1) is 11.3 Å². The molecule has 2 nitrogen and oxygen atoms in total.